The van der Waals surface area contributed by atoms with Crippen molar-refractivity contribution in [2.24, 2.45) is 5.41 Å². The van der Waals surface area contributed by atoms with Crippen molar-refractivity contribution >= 4 is 23.2 Å². The fourth-order valence-electron chi connectivity index (χ4n) is 3.22. The summed E-state index contributed by atoms with van der Waals surface area (Å²) in [6.07, 6.45) is 6.18. The summed E-state index contributed by atoms with van der Waals surface area (Å²) in [5.41, 5.74) is -0.237. The van der Waals surface area contributed by atoms with E-state index in [1.54, 1.807) is 11.6 Å². The van der Waals surface area contributed by atoms with Crippen LogP contribution in [0.1, 0.15) is 41.9 Å². The number of nitrogens with zero attached hydrogens (tertiary/aromatic N) is 1. The van der Waals surface area contributed by atoms with Crippen molar-refractivity contribution in [3.8, 4) is 0 Å². The first-order valence-corrected chi connectivity index (χ1v) is 7.56. The van der Waals surface area contributed by atoms with Gasteiger partial charge in [-0.1, -0.05) is 6.42 Å². The van der Waals surface area contributed by atoms with Crippen molar-refractivity contribution < 1.29 is 9.59 Å². The van der Waals surface area contributed by atoms with Crippen LogP contribution in [0.2, 0.25) is 0 Å². The van der Waals surface area contributed by atoms with Crippen molar-refractivity contribution in [2.45, 2.75) is 38.1 Å². The predicted molar refractivity (Wildman–Crippen MR) is 71.9 cm³/mol. The zero-order valence-electron chi connectivity index (χ0n) is 10.6. The van der Waals surface area contributed by atoms with Gasteiger partial charge in [-0.3, -0.25) is 9.59 Å². The van der Waals surface area contributed by atoms with E-state index in [9.17, 15) is 9.59 Å². The summed E-state index contributed by atoms with van der Waals surface area (Å²) in [4.78, 5) is 28.0. The first kappa shape index (κ1) is 12.6. The fourth-order valence-corrected chi connectivity index (χ4v) is 3.76. The Hall–Kier alpha value is -1.43. The molecule has 1 saturated carbocycles. The van der Waals surface area contributed by atoms with Crippen LogP contribution in [-0.4, -0.2) is 29.4 Å². The Morgan fingerprint density at radius 3 is 3.11 bits per heavy atom. The largest absolute Gasteiger partial charge is 0.356 e. The number of rotatable bonds is 2. The number of carbonyl (C=O) groups excluding carboxylic acids is 2. The van der Waals surface area contributed by atoms with Gasteiger partial charge in [0.1, 0.15) is 0 Å². The zero-order chi connectivity index (χ0) is 13.3. The normalized spacial score (nSPS) is 30.3. The van der Waals surface area contributed by atoms with E-state index >= 15 is 0 Å². The molecule has 19 heavy (non-hydrogen) atoms. The summed E-state index contributed by atoms with van der Waals surface area (Å²) in [6, 6.07) is 0.0917. The van der Waals surface area contributed by atoms with Gasteiger partial charge in [-0.25, -0.2) is 4.98 Å². The summed E-state index contributed by atoms with van der Waals surface area (Å²) in [5.74, 6) is 0.0520. The molecule has 5 nitrogen and oxygen atoms in total. The molecule has 2 N–H and O–H groups in total. The minimum atomic E-state index is -0.237. The third-order valence-electron chi connectivity index (χ3n) is 4.18. The molecule has 2 heterocycles. The Balaban J connectivity index is 1.66. The van der Waals surface area contributed by atoms with Crippen LogP contribution < -0.4 is 10.6 Å². The van der Waals surface area contributed by atoms with Gasteiger partial charge in [0.05, 0.1) is 5.41 Å². The highest BCUT2D eigenvalue weighted by atomic mass is 32.1. The molecule has 1 saturated heterocycles. The van der Waals surface area contributed by atoms with E-state index in [1.807, 2.05) is 0 Å². The zero-order valence-corrected chi connectivity index (χ0v) is 11.5. The smallest absolute Gasteiger partial charge is 0.280 e. The van der Waals surface area contributed by atoms with Gasteiger partial charge in [-0.15, -0.1) is 11.3 Å². The average Bonchev–Trinajstić information content (AvgIpc) is 3.02. The SMILES string of the molecule is O=C(N[C@H]1CCC[C@]2(CCNC2=O)C1)c1nccs1. The molecule has 0 bridgehead atoms. The van der Waals surface area contributed by atoms with E-state index in [0.717, 1.165) is 38.6 Å². The molecule has 1 spiro atoms. The molecule has 2 amide bonds. The molecule has 0 unspecified atom stereocenters. The molecular formula is C13H17N3O2S. The van der Waals surface area contributed by atoms with Gasteiger partial charge < -0.3 is 10.6 Å². The van der Waals surface area contributed by atoms with Gasteiger partial charge in [-0.05, 0) is 25.7 Å². The molecule has 2 fully saturated rings. The highest BCUT2D eigenvalue weighted by molar-refractivity contribution is 7.11. The molecule has 1 aromatic heterocycles. The average molecular weight is 279 g/mol. The quantitative estimate of drug-likeness (QED) is 0.857. The number of hydrogen-bond donors (Lipinski definition) is 2. The molecule has 1 aliphatic carbocycles. The molecule has 3 rings (SSSR count). The van der Waals surface area contributed by atoms with Crippen LogP contribution in [0.3, 0.4) is 0 Å². The Morgan fingerprint density at radius 2 is 2.42 bits per heavy atom. The molecule has 1 aliphatic heterocycles. The Kier molecular flexibility index (Phi) is 3.26. The topological polar surface area (TPSA) is 71.1 Å². The number of hydrogen-bond acceptors (Lipinski definition) is 4. The van der Waals surface area contributed by atoms with E-state index in [0.29, 0.717) is 5.01 Å². The lowest BCUT2D eigenvalue weighted by Crippen LogP contribution is -2.45. The molecule has 102 valence electrons. The molecule has 1 aromatic rings. The highest BCUT2D eigenvalue weighted by Gasteiger charge is 2.45. The maximum atomic E-state index is 12.0. The van der Waals surface area contributed by atoms with Crippen LogP contribution in [0.25, 0.3) is 0 Å². The lowest BCUT2D eigenvalue weighted by Gasteiger charge is -2.35. The van der Waals surface area contributed by atoms with Crippen LogP contribution in [0.15, 0.2) is 11.6 Å². The van der Waals surface area contributed by atoms with Crippen LogP contribution in [0.5, 0.6) is 0 Å². The van der Waals surface area contributed by atoms with Crippen LogP contribution >= 0.6 is 11.3 Å². The second-order valence-corrected chi connectivity index (χ2v) is 6.28. The van der Waals surface area contributed by atoms with E-state index in [-0.39, 0.29) is 23.3 Å². The lowest BCUT2D eigenvalue weighted by molar-refractivity contribution is -0.129. The Labute approximate surface area is 115 Å². The van der Waals surface area contributed by atoms with Crippen LogP contribution in [-0.2, 0) is 4.79 Å². The number of nitrogens with one attached hydrogen (secondary N) is 2. The van der Waals surface area contributed by atoms with Crippen molar-refractivity contribution in [1.29, 1.82) is 0 Å². The van der Waals surface area contributed by atoms with Crippen molar-refractivity contribution in [3.05, 3.63) is 16.6 Å². The standard InChI is InChI=1S/C13H17N3O2S/c17-10(11-14-6-7-19-11)16-9-2-1-3-13(8-9)4-5-15-12(13)18/h6-7,9H,1-5,8H2,(H,15,18)(H,16,17)/t9-,13-/m0/s1. The van der Waals surface area contributed by atoms with Gasteiger partial charge >= 0.3 is 0 Å². The number of thiazole rings is 1. The molecule has 0 aromatic carbocycles. The minimum Gasteiger partial charge on any atom is -0.356 e. The lowest BCUT2D eigenvalue weighted by atomic mass is 9.71. The number of amides is 2. The first-order chi connectivity index (χ1) is 9.20. The Morgan fingerprint density at radius 1 is 1.53 bits per heavy atom. The second-order valence-electron chi connectivity index (χ2n) is 5.39. The highest BCUT2D eigenvalue weighted by Crippen LogP contribution is 2.41. The minimum absolute atomic E-state index is 0.0917. The van der Waals surface area contributed by atoms with Crippen LogP contribution in [0, 0.1) is 5.41 Å². The maximum Gasteiger partial charge on any atom is 0.280 e. The van der Waals surface area contributed by atoms with E-state index in [2.05, 4.69) is 15.6 Å². The molecule has 6 heteroatoms. The molecule has 0 radical (unpaired) electrons. The molecular weight excluding hydrogens is 262 g/mol. The maximum absolute atomic E-state index is 12.0. The van der Waals surface area contributed by atoms with E-state index in [1.165, 1.54) is 11.3 Å². The summed E-state index contributed by atoms with van der Waals surface area (Å²) in [7, 11) is 0. The van der Waals surface area contributed by atoms with Crippen molar-refractivity contribution in [3.63, 3.8) is 0 Å². The fraction of sp³-hybridized carbons (Fsp3) is 0.615. The summed E-state index contributed by atoms with van der Waals surface area (Å²) >= 11 is 1.34. The summed E-state index contributed by atoms with van der Waals surface area (Å²) < 4.78 is 0. The van der Waals surface area contributed by atoms with Gasteiger partial charge in [0, 0.05) is 24.2 Å². The van der Waals surface area contributed by atoms with Crippen LogP contribution in [0.4, 0.5) is 0 Å². The summed E-state index contributed by atoms with van der Waals surface area (Å²) in [5, 5.41) is 8.23. The number of carbonyl (C=O) groups is 2. The van der Waals surface area contributed by atoms with Gasteiger partial charge in [0.2, 0.25) is 5.91 Å². The van der Waals surface area contributed by atoms with E-state index < -0.39 is 0 Å². The van der Waals surface area contributed by atoms with E-state index in [4.69, 9.17) is 0 Å². The molecule has 2 atom stereocenters. The third kappa shape index (κ3) is 2.36. The second kappa shape index (κ2) is 4.92. The first-order valence-electron chi connectivity index (χ1n) is 6.68. The molecule has 2 aliphatic rings. The van der Waals surface area contributed by atoms with Crippen molar-refractivity contribution in [2.75, 3.05) is 6.54 Å². The summed E-state index contributed by atoms with van der Waals surface area (Å²) in [6.45, 7) is 0.770. The van der Waals surface area contributed by atoms with Gasteiger partial charge in [0.25, 0.3) is 5.91 Å². The van der Waals surface area contributed by atoms with Crippen molar-refractivity contribution in [1.82, 2.24) is 15.6 Å². The van der Waals surface area contributed by atoms with Gasteiger partial charge in [-0.2, -0.15) is 0 Å². The van der Waals surface area contributed by atoms with Gasteiger partial charge in [0.15, 0.2) is 5.01 Å². The Bertz CT molecular complexity index is 488. The predicted octanol–water partition coefficient (Wildman–Crippen LogP) is 1.32. The third-order valence-corrected chi connectivity index (χ3v) is 4.95. The monoisotopic (exact) mass is 279 g/mol. The number of aromatic nitrogens is 1.